The Labute approximate surface area is 113 Å². The average Bonchev–Trinajstić information content (AvgIpc) is 2.35. The van der Waals surface area contributed by atoms with Crippen LogP contribution in [0.15, 0.2) is 18.2 Å². The molecule has 1 aromatic carbocycles. The largest absolute Gasteiger partial charge is 0.396 e. The second kappa shape index (κ2) is 5.37. The van der Waals surface area contributed by atoms with Crippen molar-refractivity contribution in [1.29, 1.82) is 0 Å². The van der Waals surface area contributed by atoms with Crippen molar-refractivity contribution in [3.63, 3.8) is 0 Å². The molecule has 0 spiro atoms. The molecule has 0 heterocycles. The number of benzene rings is 1. The topological polar surface area (TPSA) is 58.3 Å². The van der Waals surface area contributed by atoms with Crippen molar-refractivity contribution in [2.45, 2.75) is 38.1 Å². The van der Waals surface area contributed by atoms with Gasteiger partial charge in [0.25, 0.3) is 0 Å². The van der Waals surface area contributed by atoms with Gasteiger partial charge in [-0.05, 0) is 30.9 Å². The SMILES string of the molecule is CC1CCCC(CO)(Nc2cccc(Cl)c2N)C1. The van der Waals surface area contributed by atoms with Crippen molar-refractivity contribution < 1.29 is 5.11 Å². The third-order valence-corrected chi connectivity index (χ3v) is 4.18. The second-order valence-corrected chi connectivity index (χ2v) is 5.87. The number of halogens is 1. The predicted octanol–water partition coefficient (Wildman–Crippen LogP) is 3.28. The van der Waals surface area contributed by atoms with Crippen LogP contribution in [0.25, 0.3) is 0 Å². The van der Waals surface area contributed by atoms with E-state index in [1.165, 1.54) is 6.42 Å². The zero-order valence-electron chi connectivity index (χ0n) is 10.7. The minimum absolute atomic E-state index is 0.128. The summed E-state index contributed by atoms with van der Waals surface area (Å²) in [6.07, 6.45) is 4.30. The average molecular weight is 269 g/mol. The molecule has 2 unspecified atom stereocenters. The van der Waals surface area contributed by atoms with Gasteiger partial charge in [-0.2, -0.15) is 0 Å². The summed E-state index contributed by atoms with van der Waals surface area (Å²) in [6.45, 7) is 2.36. The zero-order chi connectivity index (χ0) is 13.2. The molecule has 18 heavy (non-hydrogen) atoms. The van der Waals surface area contributed by atoms with Crippen molar-refractivity contribution in [2.75, 3.05) is 17.7 Å². The maximum atomic E-state index is 9.74. The number of hydrogen-bond acceptors (Lipinski definition) is 3. The van der Waals surface area contributed by atoms with Gasteiger partial charge in [-0.25, -0.2) is 0 Å². The highest BCUT2D eigenvalue weighted by Gasteiger charge is 2.34. The number of aliphatic hydroxyl groups excluding tert-OH is 1. The smallest absolute Gasteiger partial charge is 0.0739 e. The van der Waals surface area contributed by atoms with E-state index >= 15 is 0 Å². The van der Waals surface area contributed by atoms with E-state index in [1.807, 2.05) is 12.1 Å². The fourth-order valence-corrected chi connectivity index (χ4v) is 3.06. The monoisotopic (exact) mass is 268 g/mol. The summed E-state index contributed by atoms with van der Waals surface area (Å²) in [5.74, 6) is 0.624. The van der Waals surface area contributed by atoms with Crippen LogP contribution in [0.1, 0.15) is 32.6 Å². The lowest BCUT2D eigenvalue weighted by molar-refractivity contribution is 0.149. The Hall–Kier alpha value is -0.930. The quantitative estimate of drug-likeness (QED) is 0.738. The van der Waals surface area contributed by atoms with Crippen LogP contribution in [0.4, 0.5) is 11.4 Å². The number of anilines is 2. The van der Waals surface area contributed by atoms with Gasteiger partial charge in [0.05, 0.1) is 28.5 Å². The summed E-state index contributed by atoms with van der Waals surface area (Å²) in [5.41, 5.74) is 7.10. The molecular formula is C14H21ClN2O. The first-order valence-electron chi connectivity index (χ1n) is 6.49. The molecule has 3 nitrogen and oxygen atoms in total. The minimum Gasteiger partial charge on any atom is -0.396 e. The molecule has 0 saturated heterocycles. The van der Waals surface area contributed by atoms with Gasteiger partial charge in [-0.15, -0.1) is 0 Å². The molecule has 0 bridgehead atoms. The first-order chi connectivity index (χ1) is 8.56. The fourth-order valence-electron chi connectivity index (χ4n) is 2.89. The van der Waals surface area contributed by atoms with Crippen molar-refractivity contribution in [1.82, 2.24) is 0 Å². The molecule has 1 aromatic rings. The molecule has 4 heteroatoms. The molecule has 1 aliphatic carbocycles. The summed E-state index contributed by atoms with van der Waals surface area (Å²) in [5, 5.41) is 13.7. The maximum absolute atomic E-state index is 9.74. The molecule has 0 aliphatic heterocycles. The third-order valence-electron chi connectivity index (χ3n) is 3.85. The van der Waals surface area contributed by atoms with Crippen LogP contribution < -0.4 is 11.1 Å². The van der Waals surface area contributed by atoms with Crippen molar-refractivity contribution in [3.8, 4) is 0 Å². The van der Waals surface area contributed by atoms with Crippen LogP contribution in [-0.2, 0) is 0 Å². The van der Waals surface area contributed by atoms with E-state index in [2.05, 4.69) is 12.2 Å². The molecule has 1 fully saturated rings. The molecular weight excluding hydrogens is 248 g/mol. The number of rotatable bonds is 3. The molecule has 1 aliphatic rings. The highest BCUT2D eigenvalue weighted by Crippen LogP contribution is 2.37. The van der Waals surface area contributed by atoms with E-state index in [9.17, 15) is 5.11 Å². The van der Waals surface area contributed by atoms with Gasteiger partial charge >= 0.3 is 0 Å². The lowest BCUT2D eigenvalue weighted by Gasteiger charge is -2.40. The Bertz CT molecular complexity index is 424. The number of para-hydroxylation sites is 1. The summed E-state index contributed by atoms with van der Waals surface area (Å²) in [7, 11) is 0. The molecule has 4 N–H and O–H groups in total. The third kappa shape index (κ3) is 2.73. The standard InChI is InChI=1S/C14H21ClN2O/c1-10-4-3-7-14(8-10,9-18)17-12-6-2-5-11(15)13(12)16/h2,5-6,10,17-18H,3-4,7-9,16H2,1H3. The van der Waals surface area contributed by atoms with Crippen molar-refractivity contribution in [2.24, 2.45) is 5.92 Å². The summed E-state index contributed by atoms with van der Waals surface area (Å²) >= 11 is 6.02. The van der Waals surface area contributed by atoms with Crippen LogP contribution in [0.2, 0.25) is 5.02 Å². The van der Waals surface area contributed by atoms with Crippen LogP contribution in [0.3, 0.4) is 0 Å². The van der Waals surface area contributed by atoms with E-state index in [4.69, 9.17) is 17.3 Å². The number of nitrogens with two attached hydrogens (primary N) is 1. The Morgan fingerprint density at radius 3 is 3.00 bits per heavy atom. The van der Waals surface area contributed by atoms with Crippen molar-refractivity contribution >= 4 is 23.0 Å². The molecule has 0 radical (unpaired) electrons. The second-order valence-electron chi connectivity index (χ2n) is 5.47. The van der Waals surface area contributed by atoms with Gasteiger partial charge in [0.2, 0.25) is 0 Å². The number of aliphatic hydroxyl groups is 1. The minimum atomic E-state index is -0.254. The zero-order valence-corrected chi connectivity index (χ0v) is 11.5. The summed E-state index contributed by atoms with van der Waals surface area (Å²) in [4.78, 5) is 0. The molecule has 2 rings (SSSR count). The Balaban J connectivity index is 2.22. The van der Waals surface area contributed by atoms with Gasteiger partial charge in [0.1, 0.15) is 0 Å². The normalized spacial score (nSPS) is 28.1. The van der Waals surface area contributed by atoms with Gasteiger partial charge in [0, 0.05) is 0 Å². The van der Waals surface area contributed by atoms with E-state index in [0.29, 0.717) is 16.6 Å². The Kier molecular flexibility index (Phi) is 4.03. The van der Waals surface area contributed by atoms with Gasteiger partial charge in [-0.3, -0.25) is 0 Å². The van der Waals surface area contributed by atoms with Crippen LogP contribution >= 0.6 is 11.6 Å². The lowest BCUT2D eigenvalue weighted by atomic mass is 9.76. The molecule has 0 amide bonds. The highest BCUT2D eigenvalue weighted by molar-refractivity contribution is 6.33. The van der Waals surface area contributed by atoms with Crippen LogP contribution in [0.5, 0.6) is 0 Å². The number of nitrogens with one attached hydrogen (secondary N) is 1. The van der Waals surface area contributed by atoms with Crippen LogP contribution in [-0.4, -0.2) is 17.3 Å². The molecule has 0 aromatic heterocycles. The summed E-state index contributed by atoms with van der Waals surface area (Å²) in [6, 6.07) is 5.56. The van der Waals surface area contributed by atoms with Gasteiger partial charge in [0.15, 0.2) is 0 Å². The van der Waals surface area contributed by atoms with Gasteiger partial charge < -0.3 is 16.2 Å². The van der Waals surface area contributed by atoms with Crippen molar-refractivity contribution in [3.05, 3.63) is 23.2 Å². The predicted molar refractivity (Wildman–Crippen MR) is 76.9 cm³/mol. The van der Waals surface area contributed by atoms with E-state index in [0.717, 1.165) is 24.9 Å². The molecule has 1 saturated carbocycles. The molecule has 2 atom stereocenters. The number of nitrogen functional groups attached to an aromatic ring is 1. The fraction of sp³-hybridized carbons (Fsp3) is 0.571. The van der Waals surface area contributed by atoms with Crippen LogP contribution in [0, 0.1) is 5.92 Å². The van der Waals surface area contributed by atoms with E-state index < -0.39 is 0 Å². The highest BCUT2D eigenvalue weighted by atomic mass is 35.5. The Morgan fingerprint density at radius 2 is 2.33 bits per heavy atom. The lowest BCUT2D eigenvalue weighted by Crippen LogP contribution is -2.46. The van der Waals surface area contributed by atoms with Gasteiger partial charge in [-0.1, -0.05) is 37.4 Å². The van der Waals surface area contributed by atoms with E-state index in [1.54, 1.807) is 6.07 Å². The van der Waals surface area contributed by atoms with E-state index in [-0.39, 0.29) is 12.1 Å². The molecule has 100 valence electrons. The Morgan fingerprint density at radius 1 is 1.56 bits per heavy atom. The first kappa shape index (κ1) is 13.5. The maximum Gasteiger partial charge on any atom is 0.0739 e. The number of hydrogen-bond donors (Lipinski definition) is 3. The first-order valence-corrected chi connectivity index (χ1v) is 6.87. The summed E-state index contributed by atoms with van der Waals surface area (Å²) < 4.78 is 0.